The van der Waals surface area contributed by atoms with E-state index in [2.05, 4.69) is 22.3 Å². The number of carbonyl (C=O) groups is 1. The van der Waals surface area contributed by atoms with Crippen LogP contribution in [0.15, 0.2) is 28.8 Å². The van der Waals surface area contributed by atoms with E-state index in [0.717, 1.165) is 11.3 Å². The van der Waals surface area contributed by atoms with E-state index in [1.54, 1.807) is 12.1 Å². The number of amides is 1. The van der Waals surface area contributed by atoms with Gasteiger partial charge in [0, 0.05) is 11.6 Å². The molecule has 1 aromatic heterocycles. The molecule has 2 rings (SSSR count). The van der Waals surface area contributed by atoms with Crippen molar-refractivity contribution in [1.29, 1.82) is 0 Å². The van der Waals surface area contributed by atoms with Crippen LogP contribution in [0.1, 0.15) is 32.9 Å². The zero-order valence-electron chi connectivity index (χ0n) is 11.9. The Hall–Kier alpha value is -2.58. The fourth-order valence-corrected chi connectivity index (χ4v) is 1.86. The Bertz CT molecular complexity index is 708. The summed E-state index contributed by atoms with van der Waals surface area (Å²) in [5, 5.41) is 15.3. The van der Waals surface area contributed by atoms with E-state index in [0.29, 0.717) is 16.9 Å². The third-order valence-corrected chi connectivity index (χ3v) is 2.82. The van der Waals surface area contributed by atoms with E-state index in [1.807, 2.05) is 26.0 Å². The van der Waals surface area contributed by atoms with Crippen LogP contribution in [-0.4, -0.2) is 22.8 Å². The van der Waals surface area contributed by atoms with Crippen molar-refractivity contribution in [2.45, 2.75) is 20.4 Å². The highest BCUT2D eigenvalue weighted by molar-refractivity contribution is 5.96. The number of aryl methyl sites for hydroxylation is 2. The number of rotatable bonds is 3. The van der Waals surface area contributed by atoms with E-state index in [4.69, 9.17) is 9.63 Å². The van der Waals surface area contributed by atoms with Crippen LogP contribution in [0.2, 0.25) is 0 Å². The molecule has 0 saturated heterocycles. The highest BCUT2D eigenvalue weighted by Crippen LogP contribution is 2.11. The quantitative estimate of drug-likeness (QED) is 0.839. The number of nitrogens with zero attached hydrogens (tertiary/aromatic N) is 1. The minimum Gasteiger partial charge on any atom is -0.384 e. The minimum absolute atomic E-state index is 0.244. The lowest BCUT2D eigenvalue weighted by molar-refractivity contribution is 0.0947. The van der Waals surface area contributed by atoms with Crippen molar-refractivity contribution in [1.82, 2.24) is 10.5 Å². The highest BCUT2D eigenvalue weighted by Gasteiger charge is 2.11. The summed E-state index contributed by atoms with van der Waals surface area (Å²) in [6, 6.07) is 7.15. The van der Waals surface area contributed by atoms with Gasteiger partial charge in [-0.25, -0.2) is 0 Å². The van der Waals surface area contributed by atoms with Gasteiger partial charge >= 0.3 is 0 Å². The predicted molar refractivity (Wildman–Crippen MR) is 77.6 cm³/mol. The third kappa shape index (κ3) is 3.94. The second-order valence-electron chi connectivity index (χ2n) is 4.63. The van der Waals surface area contributed by atoms with E-state index < -0.39 is 0 Å². The lowest BCUT2D eigenvalue weighted by Crippen LogP contribution is -2.23. The Morgan fingerprint density at radius 3 is 2.86 bits per heavy atom. The van der Waals surface area contributed by atoms with E-state index >= 15 is 0 Å². The summed E-state index contributed by atoms with van der Waals surface area (Å²) < 4.78 is 5.04. The summed E-state index contributed by atoms with van der Waals surface area (Å²) >= 11 is 0. The molecule has 0 aliphatic carbocycles. The van der Waals surface area contributed by atoms with Gasteiger partial charge in [0.05, 0.1) is 17.8 Å². The third-order valence-electron chi connectivity index (χ3n) is 2.82. The molecule has 2 N–H and O–H groups in total. The van der Waals surface area contributed by atoms with Crippen LogP contribution >= 0.6 is 0 Å². The Morgan fingerprint density at radius 1 is 1.38 bits per heavy atom. The average Bonchev–Trinajstić information content (AvgIpc) is 2.88. The Balaban J connectivity index is 2.14. The molecule has 0 aliphatic heterocycles. The summed E-state index contributed by atoms with van der Waals surface area (Å²) in [4.78, 5) is 12.2. The molecule has 5 heteroatoms. The second-order valence-corrected chi connectivity index (χ2v) is 4.63. The number of carbonyl (C=O) groups excluding carboxylic acids is 1. The summed E-state index contributed by atoms with van der Waals surface area (Å²) in [7, 11) is 0. The predicted octanol–water partition coefficient (Wildman–Crippen LogP) is 1.57. The minimum atomic E-state index is -0.244. The summed E-state index contributed by atoms with van der Waals surface area (Å²) in [6.07, 6.45) is 0. The number of benzene rings is 1. The van der Waals surface area contributed by atoms with Gasteiger partial charge < -0.3 is 14.9 Å². The molecule has 21 heavy (non-hydrogen) atoms. The molecule has 2 aromatic rings. The lowest BCUT2D eigenvalue weighted by atomic mass is 10.0. The SMILES string of the molecule is Cc1ccc(C(=O)NCc2cc(C)no2)c(C#CCO)c1. The molecular formula is C16H16N2O3. The zero-order chi connectivity index (χ0) is 15.2. The molecular weight excluding hydrogens is 268 g/mol. The first-order valence-corrected chi connectivity index (χ1v) is 6.51. The molecule has 0 bridgehead atoms. The van der Waals surface area contributed by atoms with Gasteiger partial charge in [-0.3, -0.25) is 4.79 Å². The van der Waals surface area contributed by atoms with E-state index in [-0.39, 0.29) is 19.1 Å². The topological polar surface area (TPSA) is 75.4 Å². The monoisotopic (exact) mass is 284 g/mol. The Labute approximate surface area is 123 Å². The number of nitrogens with one attached hydrogen (secondary N) is 1. The van der Waals surface area contributed by atoms with Crippen LogP contribution in [0.3, 0.4) is 0 Å². The maximum Gasteiger partial charge on any atom is 0.252 e. The highest BCUT2D eigenvalue weighted by atomic mass is 16.5. The van der Waals surface area contributed by atoms with Crippen LogP contribution in [0, 0.1) is 25.7 Å². The van der Waals surface area contributed by atoms with Crippen molar-refractivity contribution in [3.63, 3.8) is 0 Å². The molecule has 108 valence electrons. The van der Waals surface area contributed by atoms with Gasteiger partial charge in [-0.1, -0.05) is 23.1 Å². The van der Waals surface area contributed by atoms with E-state index in [1.165, 1.54) is 0 Å². The zero-order valence-corrected chi connectivity index (χ0v) is 11.9. The van der Waals surface area contributed by atoms with Crippen LogP contribution in [0.4, 0.5) is 0 Å². The molecule has 0 radical (unpaired) electrons. The number of aromatic nitrogens is 1. The lowest BCUT2D eigenvalue weighted by Gasteiger charge is -2.06. The van der Waals surface area contributed by atoms with E-state index in [9.17, 15) is 4.79 Å². The normalized spacial score (nSPS) is 9.86. The molecule has 0 atom stereocenters. The molecule has 0 unspecified atom stereocenters. The molecule has 0 fully saturated rings. The first-order chi connectivity index (χ1) is 10.1. The van der Waals surface area contributed by atoms with Crippen LogP contribution in [0.25, 0.3) is 0 Å². The van der Waals surface area contributed by atoms with Crippen molar-refractivity contribution in [2.75, 3.05) is 6.61 Å². The second kappa shape index (κ2) is 6.73. The molecule has 1 heterocycles. The fraction of sp³-hybridized carbons (Fsp3) is 0.250. The molecule has 1 aromatic carbocycles. The van der Waals surface area contributed by atoms with Crippen molar-refractivity contribution >= 4 is 5.91 Å². The molecule has 0 aliphatic rings. The van der Waals surface area contributed by atoms with Gasteiger partial charge in [-0.05, 0) is 31.5 Å². The van der Waals surface area contributed by atoms with Gasteiger partial charge in [0.15, 0.2) is 5.76 Å². The van der Waals surface area contributed by atoms with Gasteiger partial charge in [-0.2, -0.15) is 0 Å². The maximum absolute atomic E-state index is 12.2. The molecule has 0 saturated carbocycles. The number of hydrogen-bond acceptors (Lipinski definition) is 4. The molecule has 0 spiro atoms. The van der Waals surface area contributed by atoms with Gasteiger partial charge in [-0.15, -0.1) is 0 Å². The van der Waals surface area contributed by atoms with Crippen molar-refractivity contribution in [3.8, 4) is 11.8 Å². The fourth-order valence-electron chi connectivity index (χ4n) is 1.86. The van der Waals surface area contributed by atoms with Crippen LogP contribution in [0.5, 0.6) is 0 Å². The Morgan fingerprint density at radius 2 is 2.19 bits per heavy atom. The number of aliphatic hydroxyl groups is 1. The first kappa shape index (κ1) is 14.8. The maximum atomic E-state index is 12.2. The average molecular weight is 284 g/mol. The van der Waals surface area contributed by atoms with Crippen LogP contribution < -0.4 is 5.32 Å². The summed E-state index contributed by atoms with van der Waals surface area (Å²) in [5.41, 5.74) is 2.83. The van der Waals surface area contributed by atoms with Gasteiger partial charge in [0.2, 0.25) is 0 Å². The van der Waals surface area contributed by atoms with Crippen molar-refractivity contribution in [3.05, 3.63) is 52.4 Å². The molecule has 5 nitrogen and oxygen atoms in total. The number of aliphatic hydroxyl groups excluding tert-OH is 1. The number of hydrogen-bond donors (Lipinski definition) is 2. The summed E-state index contributed by atoms with van der Waals surface area (Å²) in [5.74, 6) is 5.70. The van der Waals surface area contributed by atoms with Gasteiger partial charge in [0.1, 0.15) is 6.61 Å². The van der Waals surface area contributed by atoms with Gasteiger partial charge in [0.25, 0.3) is 5.91 Å². The van der Waals surface area contributed by atoms with Crippen LogP contribution in [-0.2, 0) is 6.54 Å². The summed E-state index contributed by atoms with van der Waals surface area (Å²) in [6.45, 7) is 3.76. The smallest absolute Gasteiger partial charge is 0.252 e. The largest absolute Gasteiger partial charge is 0.384 e. The molecule has 1 amide bonds. The van der Waals surface area contributed by atoms with Crippen molar-refractivity contribution < 1.29 is 14.4 Å². The van der Waals surface area contributed by atoms with Crippen molar-refractivity contribution in [2.24, 2.45) is 0 Å². The first-order valence-electron chi connectivity index (χ1n) is 6.51. The Kier molecular flexibility index (Phi) is 4.75. The standard InChI is InChI=1S/C16H16N2O3/c1-11-5-6-15(13(8-11)4-3-7-19)16(20)17-10-14-9-12(2)18-21-14/h5-6,8-9,19H,7,10H2,1-2H3,(H,17,20).